The van der Waals surface area contributed by atoms with Gasteiger partial charge in [0.25, 0.3) is 5.82 Å². The summed E-state index contributed by atoms with van der Waals surface area (Å²) in [6.45, 7) is 9.45. The number of aromatic amines is 1. The van der Waals surface area contributed by atoms with Crippen molar-refractivity contribution in [1.82, 2.24) is 10.2 Å². The predicted molar refractivity (Wildman–Crippen MR) is 140 cm³/mol. The Morgan fingerprint density at radius 3 is 2.50 bits per heavy atom. The van der Waals surface area contributed by atoms with E-state index < -0.39 is 5.97 Å². The molecule has 0 aliphatic heterocycles. The van der Waals surface area contributed by atoms with Crippen molar-refractivity contribution in [3.8, 4) is 0 Å². The van der Waals surface area contributed by atoms with Crippen LogP contribution in [0.5, 0.6) is 0 Å². The molecular formula is C30H24FN3O2. The van der Waals surface area contributed by atoms with Gasteiger partial charge in [0, 0.05) is 11.5 Å². The summed E-state index contributed by atoms with van der Waals surface area (Å²) in [6, 6.07) is 18.6. The predicted octanol–water partition coefficient (Wildman–Crippen LogP) is 7.42. The van der Waals surface area contributed by atoms with Crippen molar-refractivity contribution in [2.45, 2.75) is 26.2 Å². The van der Waals surface area contributed by atoms with E-state index in [2.05, 4.69) is 15.0 Å². The number of aryl methyl sites for hydroxylation is 1. The van der Waals surface area contributed by atoms with Crippen molar-refractivity contribution in [1.29, 1.82) is 0 Å². The molecule has 0 amide bonds. The van der Waals surface area contributed by atoms with Crippen LogP contribution in [-0.2, 0) is 4.79 Å². The second-order valence-corrected chi connectivity index (χ2v) is 9.09. The molecule has 5 rings (SSSR count). The van der Waals surface area contributed by atoms with Crippen molar-refractivity contribution in [3.63, 3.8) is 0 Å². The van der Waals surface area contributed by atoms with Crippen LogP contribution in [0.25, 0.3) is 33.0 Å². The molecule has 6 heteroatoms. The summed E-state index contributed by atoms with van der Waals surface area (Å²) >= 11 is 0. The van der Waals surface area contributed by atoms with E-state index in [4.69, 9.17) is 11.7 Å². The number of benzene rings is 3. The lowest BCUT2D eigenvalue weighted by Gasteiger charge is -2.32. The van der Waals surface area contributed by atoms with E-state index in [1.807, 2.05) is 55.5 Å². The number of aromatic nitrogens is 2. The fraction of sp³-hybridized carbons (Fsp3) is 0.167. The number of nitrogens with one attached hydrogen (secondary N) is 1. The Kier molecular flexibility index (Phi) is 6.22. The highest BCUT2D eigenvalue weighted by molar-refractivity contribution is 6.03. The summed E-state index contributed by atoms with van der Waals surface area (Å²) in [5.41, 5.74) is 7.52. The van der Waals surface area contributed by atoms with E-state index in [1.54, 1.807) is 12.1 Å². The van der Waals surface area contributed by atoms with Crippen LogP contribution in [0.15, 0.2) is 66.7 Å². The number of hydrogen-bond acceptors (Lipinski definition) is 2. The molecule has 0 bridgehead atoms. The van der Waals surface area contributed by atoms with Gasteiger partial charge in [0.15, 0.2) is 0 Å². The van der Waals surface area contributed by atoms with E-state index in [0.29, 0.717) is 11.7 Å². The standard InChI is InChI=1S/C30H24FN3O2/c1-18-16-23(31)12-13-24(18)29(20-4-3-5-20)28(21-9-6-19(7-10-21)8-15-27(35)36)22-11-14-26-25(17-22)30(32-2)34-33-26/h6-17,20H,3-5H2,1H3,(H,33,34)(H,35,36)/b15-8+,29-28+. The highest BCUT2D eigenvalue weighted by Crippen LogP contribution is 2.46. The van der Waals surface area contributed by atoms with Crippen molar-refractivity contribution in [3.05, 3.63) is 112 Å². The molecule has 0 unspecified atom stereocenters. The van der Waals surface area contributed by atoms with Gasteiger partial charge < -0.3 is 9.95 Å². The molecule has 2 N–H and O–H groups in total. The molecule has 0 radical (unpaired) electrons. The van der Waals surface area contributed by atoms with Gasteiger partial charge in [-0.25, -0.2) is 14.3 Å². The molecule has 4 aromatic rings. The molecule has 1 aliphatic carbocycles. The quantitative estimate of drug-likeness (QED) is 0.172. The lowest BCUT2D eigenvalue weighted by Crippen LogP contribution is -2.16. The van der Waals surface area contributed by atoms with Crippen molar-refractivity contribution < 1.29 is 14.3 Å². The molecule has 5 nitrogen and oxygen atoms in total. The molecule has 178 valence electrons. The molecule has 1 fully saturated rings. The van der Waals surface area contributed by atoms with Crippen LogP contribution in [0.2, 0.25) is 0 Å². The number of nitrogens with zero attached hydrogens (tertiary/aromatic N) is 2. The lowest BCUT2D eigenvalue weighted by atomic mass is 9.72. The Balaban J connectivity index is 1.78. The van der Waals surface area contributed by atoms with Crippen molar-refractivity contribution in [2.75, 3.05) is 0 Å². The second-order valence-electron chi connectivity index (χ2n) is 9.09. The van der Waals surface area contributed by atoms with Gasteiger partial charge in [-0.15, -0.1) is 5.10 Å². The van der Waals surface area contributed by atoms with Gasteiger partial charge in [-0.05, 0) is 88.9 Å². The highest BCUT2D eigenvalue weighted by Gasteiger charge is 2.28. The maximum Gasteiger partial charge on any atom is 0.328 e. The first-order valence-electron chi connectivity index (χ1n) is 11.8. The van der Waals surface area contributed by atoms with Crippen LogP contribution >= 0.6 is 0 Å². The first-order valence-corrected chi connectivity index (χ1v) is 11.8. The van der Waals surface area contributed by atoms with Crippen molar-refractivity contribution in [2.24, 2.45) is 5.92 Å². The summed E-state index contributed by atoms with van der Waals surface area (Å²) in [4.78, 5) is 14.5. The average molecular weight is 478 g/mol. The number of carboxylic acids is 1. The molecule has 3 aromatic carbocycles. The summed E-state index contributed by atoms with van der Waals surface area (Å²) < 4.78 is 14.0. The molecule has 0 saturated heterocycles. The topological polar surface area (TPSA) is 70.3 Å². The normalized spacial score (nSPS) is 14.5. The van der Waals surface area contributed by atoms with Gasteiger partial charge in [-0.3, -0.25) is 0 Å². The minimum atomic E-state index is -0.997. The molecule has 1 heterocycles. The first kappa shape index (κ1) is 23.3. The van der Waals surface area contributed by atoms with E-state index in [1.165, 1.54) is 11.6 Å². The summed E-state index contributed by atoms with van der Waals surface area (Å²) in [7, 11) is 0. The number of allylic oxidation sites excluding steroid dienone is 1. The number of rotatable bonds is 6. The van der Waals surface area contributed by atoms with Gasteiger partial charge in [0.05, 0.1) is 0 Å². The molecule has 1 aromatic heterocycles. The van der Waals surface area contributed by atoms with E-state index >= 15 is 0 Å². The Morgan fingerprint density at radius 2 is 1.86 bits per heavy atom. The van der Waals surface area contributed by atoms with Crippen LogP contribution in [0.1, 0.15) is 47.1 Å². The first-order chi connectivity index (χ1) is 17.4. The number of carboxylic acid groups (broad SMARTS) is 1. The Morgan fingerprint density at radius 1 is 1.11 bits per heavy atom. The van der Waals surface area contributed by atoms with Crippen LogP contribution in [0.3, 0.4) is 0 Å². The number of H-pyrrole nitrogens is 1. The monoisotopic (exact) mass is 477 g/mol. The van der Waals surface area contributed by atoms with Crippen LogP contribution in [0, 0.1) is 25.2 Å². The Bertz CT molecular complexity index is 1570. The minimum Gasteiger partial charge on any atom is -0.478 e. The Hall–Kier alpha value is -4.50. The van der Waals surface area contributed by atoms with Gasteiger partial charge in [0.2, 0.25) is 0 Å². The lowest BCUT2D eigenvalue weighted by molar-refractivity contribution is -0.131. The van der Waals surface area contributed by atoms with E-state index in [-0.39, 0.29) is 5.82 Å². The third-order valence-corrected chi connectivity index (χ3v) is 6.81. The maximum absolute atomic E-state index is 14.0. The zero-order valence-corrected chi connectivity index (χ0v) is 19.8. The molecule has 0 atom stereocenters. The Labute approximate surface area is 208 Å². The van der Waals surface area contributed by atoms with Gasteiger partial charge in [0.1, 0.15) is 11.3 Å². The average Bonchev–Trinajstić information content (AvgIpc) is 3.24. The number of fused-ring (bicyclic) bond motifs is 1. The third kappa shape index (κ3) is 4.44. The van der Waals surface area contributed by atoms with E-state index in [0.717, 1.165) is 69.6 Å². The molecule has 1 aliphatic rings. The number of halogens is 1. The summed E-state index contributed by atoms with van der Waals surface area (Å²) in [6.07, 6.45) is 5.92. The number of aliphatic carboxylic acids is 1. The zero-order chi connectivity index (χ0) is 25.2. The minimum absolute atomic E-state index is 0.262. The second kappa shape index (κ2) is 9.63. The molecule has 0 spiro atoms. The number of carbonyl (C=O) groups is 1. The maximum atomic E-state index is 14.0. The smallest absolute Gasteiger partial charge is 0.328 e. The molecular weight excluding hydrogens is 453 g/mol. The van der Waals surface area contributed by atoms with Gasteiger partial charge in [-0.2, -0.15) is 0 Å². The van der Waals surface area contributed by atoms with Crippen molar-refractivity contribution >= 4 is 39.9 Å². The summed E-state index contributed by atoms with van der Waals surface area (Å²) in [5.74, 6) is -0.538. The molecule has 36 heavy (non-hydrogen) atoms. The van der Waals surface area contributed by atoms with Crippen LogP contribution in [-0.4, -0.2) is 21.3 Å². The van der Waals surface area contributed by atoms with Crippen LogP contribution < -0.4 is 0 Å². The van der Waals surface area contributed by atoms with Crippen LogP contribution in [0.4, 0.5) is 10.2 Å². The van der Waals surface area contributed by atoms with E-state index in [9.17, 15) is 9.18 Å². The highest BCUT2D eigenvalue weighted by atomic mass is 19.1. The molecule has 1 saturated carbocycles. The fourth-order valence-electron chi connectivity index (χ4n) is 4.83. The third-order valence-electron chi connectivity index (χ3n) is 6.81. The zero-order valence-electron chi connectivity index (χ0n) is 19.8. The summed E-state index contributed by atoms with van der Waals surface area (Å²) in [5, 5.41) is 16.8. The fourth-order valence-corrected chi connectivity index (χ4v) is 4.83. The SMILES string of the molecule is [C-]#[N+]c1[nH]nc2ccc(/C(=C(/c3ccc(F)cc3C)C3CCC3)c3ccc(/C=C/C(=O)O)cc3)cc12. The van der Waals surface area contributed by atoms with Gasteiger partial charge >= 0.3 is 5.97 Å². The largest absolute Gasteiger partial charge is 0.478 e. The number of hydrogen-bond donors (Lipinski definition) is 2. The van der Waals surface area contributed by atoms with Gasteiger partial charge in [-0.1, -0.05) is 55.5 Å².